The highest BCUT2D eigenvalue weighted by atomic mass is 35.5. The van der Waals surface area contributed by atoms with Crippen LogP contribution in [0.15, 0.2) is 24.3 Å². The monoisotopic (exact) mass is 328 g/mol. The van der Waals surface area contributed by atoms with Crippen LogP contribution in [0.25, 0.3) is 0 Å². The van der Waals surface area contributed by atoms with Gasteiger partial charge in [-0.05, 0) is 31.3 Å². The molecule has 1 aromatic rings. The molecule has 122 valence electrons. The number of aliphatic carboxylic acids is 1. The van der Waals surface area contributed by atoms with E-state index in [9.17, 15) is 14.7 Å². The topological polar surface area (TPSA) is 92.4 Å². The lowest BCUT2D eigenvalue weighted by Gasteiger charge is -2.35. The molecular formula is C15H21ClN2O4. The minimum Gasteiger partial charge on any atom is -0.480 e. The van der Waals surface area contributed by atoms with Gasteiger partial charge in [0, 0.05) is 43.2 Å². The summed E-state index contributed by atoms with van der Waals surface area (Å²) in [5.41, 5.74) is 0.500. The number of rotatable bonds is 5. The molecule has 1 aliphatic heterocycles. The summed E-state index contributed by atoms with van der Waals surface area (Å²) < 4.78 is 0. The molecule has 7 heteroatoms. The smallest absolute Gasteiger partial charge is 0.321 e. The summed E-state index contributed by atoms with van der Waals surface area (Å²) in [5, 5.41) is 9.96. The van der Waals surface area contributed by atoms with Gasteiger partial charge in [0.05, 0.1) is 0 Å². The number of likely N-dealkylation sites (N-methyl/N-ethyl adjacent to an activating group) is 1. The van der Waals surface area contributed by atoms with Gasteiger partial charge in [-0.2, -0.15) is 0 Å². The lowest BCUT2D eigenvalue weighted by atomic mass is 10.0. The molecule has 0 aromatic heterocycles. The maximum absolute atomic E-state index is 12.2. The number of carbonyl (C=O) groups is 2. The third-order valence-electron chi connectivity index (χ3n) is 3.81. The van der Waals surface area contributed by atoms with Crippen LogP contribution in [0.5, 0.6) is 0 Å². The summed E-state index contributed by atoms with van der Waals surface area (Å²) in [6, 6.07) is 5.78. The molecule has 0 saturated carbocycles. The van der Waals surface area contributed by atoms with Crippen LogP contribution in [0.3, 0.4) is 0 Å². The zero-order chi connectivity index (χ0) is 15.4. The average molecular weight is 329 g/mol. The van der Waals surface area contributed by atoms with Crippen molar-refractivity contribution >= 4 is 23.4 Å². The lowest BCUT2D eigenvalue weighted by Crippen LogP contribution is -2.52. The van der Waals surface area contributed by atoms with Crippen molar-refractivity contribution < 1.29 is 20.2 Å². The molecular weight excluding hydrogens is 308 g/mol. The molecule has 1 aromatic carbocycles. The van der Waals surface area contributed by atoms with E-state index in [0.717, 1.165) is 13.1 Å². The third kappa shape index (κ3) is 4.78. The lowest BCUT2D eigenvalue weighted by molar-refractivity contribution is -0.143. The van der Waals surface area contributed by atoms with Crippen molar-refractivity contribution in [3.8, 4) is 0 Å². The highest BCUT2D eigenvalue weighted by Gasteiger charge is 2.30. The van der Waals surface area contributed by atoms with Gasteiger partial charge in [-0.3, -0.25) is 14.5 Å². The molecule has 2 rings (SSSR count). The van der Waals surface area contributed by atoms with Crippen molar-refractivity contribution in [1.82, 2.24) is 9.80 Å². The number of carboxylic acids is 1. The molecule has 0 spiro atoms. The Balaban J connectivity index is 0.00000242. The van der Waals surface area contributed by atoms with Crippen LogP contribution >= 0.6 is 11.6 Å². The maximum atomic E-state index is 12.2. The Labute approximate surface area is 134 Å². The zero-order valence-electron chi connectivity index (χ0n) is 12.5. The van der Waals surface area contributed by atoms with Gasteiger partial charge in [0.1, 0.15) is 6.04 Å². The molecule has 0 bridgehead atoms. The standard InChI is InChI=1S/C15H19ClN2O3.H2O/c1-17-6-8-18(9-7-17)13(15(20)21)10-14(19)11-2-4-12(16)5-3-11;/h2-5,13H,6-10H2,1H3,(H,20,21);1H2. The predicted octanol–water partition coefficient (Wildman–Crippen LogP) is 0.789. The van der Waals surface area contributed by atoms with Crippen molar-refractivity contribution in [3.63, 3.8) is 0 Å². The largest absolute Gasteiger partial charge is 0.480 e. The quantitative estimate of drug-likeness (QED) is 0.807. The normalized spacial score (nSPS) is 17.5. The Morgan fingerprint density at radius 3 is 2.23 bits per heavy atom. The van der Waals surface area contributed by atoms with Gasteiger partial charge in [0.2, 0.25) is 0 Å². The average Bonchev–Trinajstić information content (AvgIpc) is 2.46. The second-order valence-electron chi connectivity index (χ2n) is 5.33. The molecule has 0 radical (unpaired) electrons. The molecule has 1 saturated heterocycles. The minimum absolute atomic E-state index is 0. The number of benzene rings is 1. The van der Waals surface area contributed by atoms with Crippen molar-refractivity contribution in [2.24, 2.45) is 0 Å². The SMILES string of the molecule is CN1CCN(C(CC(=O)c2ccc(Cl)cc2)C(=O)O)CC1.O. The van der Waals surface area contributed by atoms with E-state index in [4.69, 9.17) is 11.6 Å². The summed E-state index contributed by atoms with van der Waals surface area (Å²) in [6.45, 7) is 2.97. The molecule has 1 atom stereocenters. The van der Waals surface area contributed by atoms with Gasteiger partial charge < -0.3 is 15.5 Å². The third-order valence-corrected chi connectivity index (χ3v) is 4.06. The van der Waals surface area contributed by atoms with Crippen LogP contribution in [-0.2, 0) is 4.79 Å². The van der Waals surface area contributed by atoms with E-state index in [-0.39, 0.29) is 17.7 Å². The number of carbonyl (C=O) groups excluding carboxylic acids is 1. The predicted molar refractivity (Wildman–Crippen MR) is 84.5 cm³/mol. The first kappa shape index (κ1) is 18.6. The molecule has 0 aliphatic carbocycles. The van der Waals surface area contributed by atoms with Gasteiger partial charge in [0.25, 0.3) is 0 Å². The van der Waals surface area contributed by atoms with E-state index in [1.54, 1.807) is 24.3 Å². The Bertz CT molecular complexity index is 513. The van der Waals surface area contributed by atoms with Gasteiger partial charge in [-0.1, -0.05) is 11.6 Å². The summed E-state index contributed by atoms with van der Waals surface area (Å²) in [4.78, 5) is 27.7. The van der Waals surface area contributed by atoms with E-state index in [1.807, 2.05) is 11.9 Å². The molecule has 0 amide bonds. The second kappa shape index (κ2) is 8.24. The fourth-order valence-corrected chi connectivity index (χ4v) is 2.56. The molecule has 1 unspecified atom stereocenters. The summed E-state index contributed by atoms with van der Waals surface area (Å²) >= 11 is 5.79. The number of halogens is 1. The molecule has 1 fully saturated rings. The first-order chi connectivity index (χ1) is 9.97. The second-order valence-corrected chi connectivity index (χ2v) is 5.76. The number of nitrogens with zero attached hydrogens (tertiary/aromatic N) is 2. The number of hydrogen-bond acceptors (Lipinski definition) is 4. The van der Waals surface area contributed by atoms with Crippen molar-refractivity contribution in [2.45, 2.75) is 12.5 Å². The number of Topliss-reactive ketones (excluding diaryl/α,β-unsaturated/α-hetero) is 1. The van der Waals surface area contributed by atoms with Gasteiger partial charge in [0.15, 0.2) is 5.78 Å². The van der Waals surface area contributed by atoms with E-state index in [1.165, 1.54) is 0 Å². The highest BCUT2D eigenvalue weighted by Crippen LogP contribution is 2.15. The van der Waals surface area contributed by atoms with Gasteiger partial charge in [-0.25, -0.2) is 0 Å². The van der Waals surface area contributed by atoms with Gasteiger partial charge >= 0.3 is 5.97 Å². The molecule has 6 nitrogen and oxygen atoms in total. The van der Waals surface area contributed by atoms with E-state index >= 15 is 0 Å². The molecule has 22 heavy (non-hydrogen) atoms. The van der Waals surface area contributed by atoms with E-state index in [0.29, 0.717) is 23.7 Å². The van der Waals surface area contributed by atoms with Crippen LogP contribution in [-0.4, -0.2) is 71.4 Å². The Hall–Kier alpha value is -1.47. The molecule has 3 N–H and O–H groups in total. The van der Waals surface area contributed by atoms with Crippen LogP contribution in [0.2, 0.25) is 5.02 Å². The molecule has 1 heterocycles. The fourth-order valence-electron chi connectivity index (χ4n) is 2.44. The Morgan fingerprint density at radius 2 is 1.73 bits per heavy atom. The first-order valence-corrected chi connectivity index (χ1v) is 7.29. The van der Waals surface area contributed by atoms with Crippen LogP contribution in [0.4, 0.5) is 0 Å². The van der Waals surface area contributed by atoms with Crippen molar-refractivity contribution in [3.05, 3.63) is 34.9 Å². The Morgan fingerprint density at radius 1 is 1.18 bits per heavy atom. The fraction of sp³-hybridized carbons (Fsp3) is 0.467. The van der Waals surface area contributed by atoms with Crippen LogP contribution < -0.4 is 0 Å². The van der Waals surface area contributed by atoms with Gasteiger partial charge in [-0.15, -0.1) is 0 Å². The zero-order valence-corrected chi connectivity index (χ0v) is 13.2. The van der Waals surface area contributed by atoms with E-state index in [2.05, 4.69) is 4.90 Å². The Kier molecular flexibility index (Phi) is 6.96. The number of hydrogen-bond donors (Lipinski definition) is 1. The summed E-state index contributed by atoms with van der Waals surface area (Å²) in [6.07, 6.45) is -0.0132. The summed E-state index contributed by atoms with van der Waals surface area (Å²) in [5.74, 6) is -1.11. The van der Waals surface area contributed by atoms with Crippen molar-refractivity contribution in [2.75, 3.05) is 33.2 Å². The highest BCUT2D eigenvalue weighted by molar-refractivity contribution is 6.30. The number of carboxylic acid groups (broad SMARTS) is 1. The summed E-state index contributed by atoms with van der Waals surface area (Å²) in [7, 11) is 2.01. The maximum Gasteiger partial charge on any atom is 0.321 e. The first-order valence-electron chi connectivity index (χ1n) is 6.91. The number of ketones is 1. The van der Waals surface area contributed by atoms with Crippen molar-refractivity contribution in [1.29, 1.82) is 0 Å². The molecule has 1 aliphatic rings. The van der Waals surface area contributed by atoms with Crippen LogP contribution in [0, 0.1) is 0 Å². The minimum atomic E-state index is -0.943. The van der Waals surface area contributed by atoms with Crippen LogP contribution in [0.1, 0.15) is 16.8 Å². The van der Waals surface area contributed by atoms with E-state index < -0.39 is 12.0 Å². The number of piperazine rings is 1.